The molecule has 3 rings (SSSR count). The highest BCUT2D eigenvalue weighted by molar-refractivity contribution is 6.31. The fourth-order valence-corrected chi connectivity index (χ4v) is 2.82. The molecule has 0 fully saturated rings. The van der Waals surface area contributed by atoms with Crippen molar-refractivity contribution in [2.75, 3.05) is 12.4 Å². The van der Waals surface area contributed by atoms with Gasteiger partial charge in [0.15, 0.2) is 6.10 Å². The van der Waals surface area contributed by atoms with Gasteiger partial charge in [-0.1, -0.05) is 29.8 Å². The number of nitrogens with one attached hydrogen (secondary N) is 1. The highest BCUT2D eigenvalue weighted by Gasteiger charge is 2.26. The van der Waals surface area contributed by atoms with Crippen LogP contribution < -0.4 is 5.32 Å². The van der Waals surface area contributed by atoms with E-state index in [1.165, 1.54) is 26.2 Å². The summed E-state index contributed by atoms with van der Waals surface area (Å²) in [5, 5.41) is 3.11. The van der Waals surface area contributed by atoms with Crippen molar-refractivity contribution < 1.29 is 27.9 Å². The number of fused-ring (bicyclic) bond motifs is 1. The van der Waals surface area contributed by atoms with E-state index < -0.39 is 23.8 Å². The first-order valence-electron chi connectivity index (χ1n) is 8.37. The lowest BCUT2D eigenvalue weighted by molar-refractivity contribution is -0.123. The largest absolute Gasteiger partial charge is 0.449 e. The molecule has 0 saturated carbocycles. The van der Waals surface area contributed by atoms with Crippen molar-refractivity contribution in [1.82, 2.24) is 0 Å². The third-order valence-electron chi connectivity index (χ3n) is 4.01. The van der Waals surface area contributed by atoms with Gasteiger partial charge < -0.3 is 19.2 Å². The number of ether oxygens (including phenoxy) is 2. The number of carbonyl (C=O) groups excluding carboxylic acids is 2. The number of methoxy groups -OCH3 is 1. The molecule has 0 aliphatic rings. The van der Waals surface area contributed by atoms with Crippen LogP contribution in [0.15, 0.2) is 46.9 Å². The Morgan fingerprint density at radius 1 is 1.25 bits per heavy atom. The number of esters is 1. The first kappa shape index (κ1) is 19.9. The summed E-state index contributed by atoms with van der Waals surface area (Å²) < 4.78 is 29.2. The maximum Gasteiger partial charge on any atom is 0.375 e. The van der Waals surface area contributed by atoms with E-state index in [2.05, 4.69) is 5.32 Å². The Morgan fingerprint density at radius 2 is 2.00 bits per heavy atom. The lowest BCUT2D eigenvalue weighted by atomic mass is 10.1. The number of rotatable bonds is 6. The smallest absolute Gasteiger partial charge is 0.375 e. The molecule has 0 bridgehead atoms. The predicted octanol–water partition coefficient (Wildman–Crippen LogP) is 4.56. The van der Waals surface area contributed by atoms with Gasteiger partial charge in [-0.05, 0) is 31.2 Å². The maximum atomic E-state index is 13.2. The SMILES string of the molecule is COCc1c(C(=O)O[C@@H](C)C(=O)Nc2ccc(F)c(Cl)c2)oc2ccccc12. The molecule has 1 heterocycles. The molecular weight excluding hydrogens is 389 g/mol. The average Bonchev–Trinajstić information content (AvgIpc) is 3.04. The predicted molar refractivity (Wildman–Crippen MR) is 102 cm³/mol. The topological polar surface area (TPSA) is 77.8 Å². The van der Waals surface area contributed by atoms with Crippen molar-refractivity contribution in [2.24, 2.45) is 0 Å². The van der Waals surface area contributed by atoms with E-state index in [1.54, 1.807) is 18.2 Å². The van der Waals surface area contributed by atoms with Crippen LogP contribution in [0.2, 0.25) is 5.02 Å². The van der Waals surface area contributed by atoms with E-state index in [4.69, 9.17) is 25.5 Å². The molecule has 3 aromatic rings. The summed E-state index contributed by atoms with van der Waals surface area (Å²) >= 11 is 5.69. The summed E-state index contributed by atoms with van der Waals surface area (Å²) in [5.74, 6) is -2.01. The minimum atomic E-state index is -1.13. The zero-order valence-electron chi connectivity index (χ0n) is 15.1. The summed E-state index contributed by atoms with van der Waals surface area (Å²) in [6.45, 7) is 1.56. The molecule has 0 unspecified atom stereocenters. The molecule has 8 heteroatoms. The van der Waals surface area contributed by atoms with Crippen molar-refractivity contribution in [3.05, 3.63) is 64.6 Å². The lowest BCUT2D eigenvalue weighted by Crippen LogP contribution is -2.30. The van der Waals surface area contributed by atoms with Gasteiger partial charge >= 0.3 is 5.97 Å². The van der Waals surface area contributed by atoms with Crippen molar-refractivity contribution in [2.45, 2.75) is 19.6 Å². The van der Waals surface area contributed by atoms with Crippen molar-refractivity contribution in [1.29, 1.82) is 0 Å². The molecule has 0 aliphatic heterocycles. The molecule has 146 valence electrons. The van der Waals surface area contributed by atoms with Crippen LogP contribution in [0.1, 0.15) is 23.0 Å². The van der Waals surface area contributed by atoms with Gasteiger partial charge in [0.25, 0.3) is 5.91 Å². The number of amides is 1. The number of hydrogen-bond donors (Lipinski definition) is 1. The van der Waals surface area contributed by atoms with Crippen LogP contribution in [0, 0.1) is 5.82 Å². The molecule has 0 aliphatic carbocycles. The van der Waals surface area contributed by atoms with E-state index in [-0.39, 0.29) is 23.1 Å². The minimum absolute atomic E-state index is 0.0208. The highest BCUT2D eigenvalue weighted by atomic mass is 35.5. The van der Waals surface area contributed by atoms with E-state index in [1.807, 2.05) is 6.07 Å². The summed E-state index contributed by atoms with van der Waals surface area (Å²) in [5.41, 5.74) is 1.34. The van der Waals surface area contributed by atoms with E-state index in [0.717, 1.165) is 11.5 Å². The van der Waals surface area contributed by atoms with E-state index in [0.29, 0.717) is 11.1 Å². The molecular formula is C20H17ClFNO5. The monoisotopic (exact) mass is 405 g/mol. The van der Waals surface area contributed by atoms with Crippen LogP contribution in [0.4, 0.5) is 10.1 Å². The van der Waals surface area contributed by atoms with Crippen molar-refractivity contribution in [3.63, 3.8) is 0 Å². The van der Waals surface area contributed by atoms with Gasteiger partial charge in [-0.25, -0.2) is 9.18 Å². The molecule has 28 heavy (non-hydrogen) atoms. The second-order valence-electron chi connectivity index (χ2n) is 6.00. The summed E-state index contributed by atoms with van der Waals surface area (Å²) in [6.07, 6.45) is -1.13. The van der Waals surface area contributed by atoms with Crippen LogP contribution in [-0.2, 0) is 20.9 Å². The molecule has 1 N–H and O–H groups in total. The van der Waals surface area contributed by atoms with E-state index in [9.17, 15) is 14.0 Å². The van der Waals surface area contributed by atoms with Gasteiger partial charge in [-0.15, -0.1) is 0 Å². The van der Waals surface area contributed by atoms with Gasteiger partial charge in [0.1, 0.15) is 11.4 Å². The third kappa shape index (κ3) is 4.16. The number of halogens is 2. The van der Waals surface area contributed by atoms with Crippen LogP contribution in [0.5, 0.6) is 0 Å². The molecule has 0 saturated heterocycles. The highest BCUT2D eigenvalue weighted by Crippen LogP contribution is 2.27. The fraction of sp³-hybridized carbons (Fsp3) is 0.200. The number of para-hydroxylation sites is 1. The quantitative estimate of drug-likeness (QED) is 0.608. The number of furan rings is 1. The number of anilines is 1. The summed E-state index contributed by atoms with van der Waals surface area (Å²) in [4.78, 5) is 24.8. The summed E-state index contributed by atoms with van der Waals surface area (Å²) in [7, 11) is 1.50. The molecule has 0 spiro atoms. The molecule has 2 aromatic carbocycles. The second kappa shape index (κ2) is 8.41. The lowest BCUT2D eigenvalue weighted by Gasteiger charge is -2.13. The number of carbonyl (C=O) groups is 2. The first-order valence-corrected chi connectivity index (χ1v) is 8.74. The first-order chi connectivity index (χ1) is 13.4. The Kier molecular flexibility index (Phi) is 5.96. The van der Waals surface area contributed by atoms with Gasteiger partial charge in [-0.2, -0.15) is 0 Å². The zero-order valence-corrected chi connectivity index (χ0v) is 15.9. The molecule has 1 aromatic heterocycles. The Balaban J connectivity index is 1.74. The minimum Gasteiger partial charge on any atom is -0.449 e. The molecule has 6 nitrogen and oxygen atoms in total. The van der Waals surface area contributed by atoms with Gasteiger partial charge in [-0.3, -0.25) is 4.79 Å². The van der Waals surface area contributed by atoms with Crippen LogP contribution in [0.25, 0.3) is 11.0 Å². The Labute approximate surface area is 165 Å². The molecule has 1 amide bonds. The second-order valence-corrected chi connectivity index (χ2v) is 6.41. The van der Waals surface area contributed by atoms with Gasteiger partial charge in [0.2, 0.25) is 5.76 Å². The normalized spacial score (nSPS) is 12.0. The molecule has 1 atom stereocenters. The van der Waals surface area contributed by atoms with Gasteiger partial charge in [0, 0.05) is 23.7 Å². The van der Waals surface area contributed by atoms with Crippen molar-refractivity contribution >= 4 is 40.1 Å². The average molecular weight is 406 g/mol. The standard InChI is InChI=1S/C20H17ClFNO5/c1-11(19(24)23-12-7-8-16(22)15(21)9-12)27-20(25)18-14(10-26-2)13-5-3-4-6-17(13)28-18/h3-9,11H,10H2,1-2H3,(H,23,24)/t11-/m0/s1. The third-order valence-corrected chi connectivity index (χ3v) is 4.30. The Hall–Kier alpha value is -2.90. The van der Waals surface area contributed by atoms with Crippen LogP contribution in [0.3, 0.4) is 0 Å². The zero-order chi connectivity index (χ0) is 20.3. The fourth-order valence-electron chi connectivity index (χ4n) is 2.64. The Morgan fingerprint density at radius 3 is 2.71 bits per heavy atom. The number of benzene rings is 2. The summed E-state index contributed by atoms with van der Waals surface area (Å²) in [6, 6.07) is 10.9. The molecule has 0 radical (unpaired) electrons. The van der Waals surface area contributed by atoms with Gasteiger partial charge in [0.05, 0.1) is 11.6 Å². The maximum absolute atomic E-state index is 13.2. The van der Waals surface area contributed by atoms with E-state index >= 15 is 0 Å². The van der Waals surface area contributed by atoms with Crippen molar-refractivity contribution in [3.8, 4) is 0 Å². The Bertz CT molecular complexity index is 1030. The van der Waals surface area contributed by atoms with Crippen LogP contribution >= 0.6 is 11.6 Å². The number of hydrogen-bond acceptors (Lipinski definition) is 5. The van der Waals surface area contributed by atoms with Crippen LogP contribution in [-0.4, -0.2) is 25.1 Å².